The van der Waals surface area contributed by atoms with Crippen molar-refractivity contribution < 1.29 is 18.3 Å². The molecule has 0 aliphatic carbocycles. The number of hydrogen-bond donors (Lipinski definition) is 2. The lowest BCUT2D eigenvalue weighted by molar-refractivity contribution is 0.240. The summed E-state index contributed by atoms with van der Waals surface area (Å²) in [7, 11) is -3.62. The standard InChI is InChI=1S/C14H23NO4S/c1-5-12(9-16)15-20(17,18)13-6-7-14(11(4)8-13)19-10(2)3/h6-8,10,12,15-16H,5,9H2,1-4H3/t12-/m0/s1. The van der Waals surface area contributed by atoms with Crippen LogP contribution in [0.4, 0.5) is 0 Å². The second-order valence-corrected chi connectivity index (χ2v) is 6.72. The molecular formula is C14H23NO4S. The van der Waals surface area contributed by atoms with E-state index in [0.29, 0.717) is 12.2 Å². The third-order valence-electron chi connectivity index (χ3n) is 2.85. The first-order chi connectivity index (χ1) is 9.30. The van der Waals surface area contributed by atoms with Crippen LogP contribution < -0.4 is 9.46 Å². The number of nitrogens with one attached hydrogen (secondary N) is 1. The summed E-state index contributed by atoms with van der Waals surface area (Å²) < 4.78 is 32.4. The fourth-order valence-electron chi connectivity index (χ4n) is 1.71. The number of hydrogen-bond acceptors (Lipinski definition) is 4. The van der Waals surface area contributed by atoms with Gasteiger partial charge in [-0.25, -0.2) is 13.1 Å². The molecule has 0 aromatic heterocycles. The van der Waals surface area contributed by atoms with Gasteiger partial charge in [0.15, 0.2) is 0 Å². The molecular weight excluding hydrogens is 278 g/mol. The predicted octanol–water partition coefficient (Wildman–Crippen LogP) is 1.83. The van der Waals surface area contributed by atoms with E-state index >= 15 is 0 Å². The molecule has 0 amide bonds. The molecule has 0 saturated heterocycles. The molecule has 6 heteroatoms. The lowest BCUT2D eigenvalue weighted by atomic mass is 10.2. The number of aliphatic hydroxyl groups is 1. The van der Waals surface area contributed by atoms with Gasteiger partial charge in [0.25, 0.3) is 0 Å². The van der Waals surface area contributed by atoms with Crippen LogP contribution in [0.25, 0.3) is 0 Å². The molecule has 5 nitrogen and oxygen atoms in total. The minimum Gasteiger partial charge on any atom is -0.491 e. The molecule has 0 bridgehead atoms. The maximum atomic E-state index is 12.2. The van der Waals surface area contributed by atoms with Crippen molar-refractivity contribution in [2.24, 2.45) is 0 Å². The molecule has 0 saturated carbocycles. The van der Waals surface area contributed by atoms with Gasteiger partial charge < -0.3 is 9.84 Å². The number of sulfonamides is 1. The van der Waals surface area contributed by atoms with Crippen LogP contribution in [-0.2, 0) is 10.0 Å². The number of aliphatic hydroxyl groups excluding tert-OH is 1. The SMILES string of the molecule is CC[C@@H](CO)NS(=O)(=O)c1ccc(OC(C)C)c(C)c1. The van der Waals surface area contributed by atoms with Crippen LogP contribution in [0.1, 0.15) is 32.8 Å². The molecule has 2 N–H and O–H groups in total. The van der Waals surface area contributed by atoms with Crippen molar-refractivity contribution in [3.8, 4) is 5.75 Å². The Morgan fingerprint density at radius 3 is 2.45 bits per heavy atom. The van der Waals surface area contributed by atoms with E-state index in [2.05, 4.69) is 4.72 Å². The molecule has 1 aromatic carbocycles. The van der Waals surface area contributed by atoms with E-state index in [0.717, 1.165) is 5.56 Å². The Hall–Kier alpha value is -1.11. The highest BCUT2D eigenvalue weighted by atomic mass is 32.2. The highest BCUT2D eigenvalue weighted by Crippen LogP contribution is 2.23. The lowest BCUT2D eigenvalue weighted by Crippen LogP contribution is -2.36. The van der Waals surface area contributed by atoms with Gasteiger partial charge in [0.2, 0.25) is 10.0 Å². The number of aryl methyl sites for hydroxylation is 1. The topological polar surface area (TPSA) is 75.6 Å². The van der Waals surface area contributed by atoms with Crippen LogP contribution in [-0.4, -0.2) is 32.3 Å². The van der Waals surface area contributed by atoms with E-state index in [9.17, 15) is 8.42 Å². The van der Waals surface area contributed by atoms with Gasteiger partial charge in [0.1, 0.15) is 5.75 Å². The van der Waals surface area contributed by atoms with Crippen molar-refractivity contribution in [1.82, 2.24) is 4.72 Å². The van der Waals surface area contributed by atoms with Crippen LogP contribution in [0, 0.1) is 6.92 Å². The Bertz CT molecular complexity index is 536. The summed E-state index contributed by atoms with van der Waals surface area (Å²) in [5, 5.41) is 9.09. The largest absolute Gasteiger partial charge is 0.491 e. The highest BCUT2D eigenvalue weighted by molar-refractivity contribution is 7.89. The third kappa shape index (κ3) is 4.47. The van der Waals surface area contributed by atoms with Gasteiger partial charge in [0.05, 0.1) is 17.6 Å². The lowest BCUT2D eigenvalue weighted by Gasteiger charge is -2.16. The number of benzene rings is 1. The Kier molecular flexibility index (Phi) is 5.98. The Balaban J connectivity index is 2.99. The van der Waals surface area contributed by atoms with Crippen LogP contribution in [0.15, 0.2) is 23.1 Å². The van der Waals surface area contributed by atoms with Crippen molar-refractivity contribution in [3.63, 3.8) is 0 Å². The molecule has 0 heterocycles. The molecule has 1 atom stereocenters. The zero-order valence-electron chi connectivity index (χ0n) is 12.4. The fourth-order valence-corrected chi connectivity index (χ4v) is 3.11. The van der Waals surface area contributed by atoms with Gasteiger partial charge in [-0.05, 0) is 51.0 Å². The second-order valence-electron chi connectivity index (χ2n) is 5.00. The Morgan fingerprint density at radius 2 is 2.00 bits per heavy atom. The van der Waals surface area contributed by atoms with Crippen molar-refractivity contribution in [1.29, 1.82) is 0 Å². The molecule has 114 valence electrons. The molecule has 0 aliphatic heterocycles. The minimum atomic E-state index is -3.62. The molecule has 0 radical (unpaired) electrons. The van der Waals surface area contributed by atoms with E-state index in [4.69, 9.17) is 9.84 Å². The molecule has 0 unspecified atom stereocenters. The third-order valence-corrected chi connectivity index (χ3v) is 4.37. The normalized spacial score (nSPS) is 13.5. The second kappa shape index (κ2) is 7.06. The minimum absolute atomic E-state index is 0.0353. The fraction of sp³-hybridized carbons (Fsp3) is 0.571. The summed E-state index contributed by atoms with van der Waals surface area (Å²) >= 11 is 0. The van der Waals surface area contributed by atoms with Gasteiger partial charge in [-0.1, -0.05) is 6.92 Å². The summed E-state index contributed by atoms with van der Waals surface area (Å²) in [4.78, 5) is 0.179. The van der Waals surface area contributed by atoms with Gasteiger partial charge in [-0.15, -0.1) is 0 Å². The molecule has 20 heavy (non-hydrogen) atoms. The average molecular weight is 301 g/mol. The zero-order valence-corrected chi connectivity index (χ0v) is 13.2. The molecule has 1 aromatic rings. The average Bonchev–Trinajstić information content (AvgIpc) is 2.37. The first kappa shape index (κ1) is 16.9. The van der Waals surface area contributed by atoms with E-state index in [1.54, 1.807) is 19.1 Å². The summed E-state index contributed by atoms with van der Waals surface area (Å²) in [6.07, 6.45) is 0.566. The summed E-state index contributed by atoms with van der Waals surface area (Å²) in [5.41, 5.74) is 0.763. The molecule has 0 spiro atoms. The molecule has 0 aliphatic rings. The summed E-state index contributed by atoms with van der Waals surface area (Å²) in [5.74, 6) is 0.674. The van der Waals surface area contributed by atoms with Crippen molar-refractivity contribution in [2.45, 2.75) is 51.2 Å². The first-order valence-corrected chi connectivity index (χ1v) is 8.19. The van der Waals surface area contributed by atoms with Gasteiger partial charge in [-0.3, -0.25) is 0 Å². The van der Waals surface area contributed by atoms with Gasteiger partial charge >= 0.3 is 0 Å². The van der Waals surface area contributed by atoms with Gasteiger partial charge in [-0.2, -0.15) is 0 Å². The predicted molar refractivity (Wildman–Crippen MR) is 78.4 cm³/mol. The maximum absolute atomic E-state index is 12.2. The van der Waals surface area contributed by atoms with E-state index in [-0.39, 0.29) is 17.6 Å². The molecule has 1 rings (SSSR count). The monoisotopic (exact) mass is 301 g/mol. The van der Waals surface area contributed by atoms with Crippen LogP contribution >= 0.6 is 0 Å². The number of rotatable bonds is 7. The zero-order chi connectivity index (χ0) is 15.3. The maximum Gasteiger partial charge on any atom is 0.240 e. The smallest absolute Gasteiger partial charge is 0.240 e. The summed E-state index contributed by atoms with van der Waals surface area (Å²) in [6.45, 7) is 7.23. The van der Waals surface area contributed by atoms with E-state index in [1.807, 2.05) is 20.8 Å². The van der Waals surface area contributed by atoms with E-state index in [1.165, 1.54) is 6.07 Å². The first-order valence-electron chi connectivity index (χ1n) is 6.70. The summed E-state index contributed by atoms with van der Waals surface area (Å²) in [6, 6.07) is 4.28. The van der Waals surface area contributed by atoms with Crippen LogP contribution in [0.2, 0.25) is 0 Å². The highest BCUT2D eigenvalue weighted by Gasteiger charge is 2.19. The molecule has 0 fully saturated rings. The van der Waals surface area contributed by atoms with Crippen molar-refractivity contribution >= 4 is 10.0 Å². The van der Waals surface area contributed by atoms with Gasteiger partial charge in [0, 0.05) is 6.04 Å². The van der Waals surface area contributed by atoms with Crippen molar-refractivity contribution in [2.75, 3.05) is 6.61 Å². The van der Waals surface area contributed by atoms with E-state index < -0.39 is 16.1 Å². The van der Waals surface area contributed by atoms with Crippen LogP contribution in [0.3, 0.4) is 0 Å². The number of ether oxygens (including phenoxy) is 1. The van der Waals surface area contributed by atoms with Crippen molar-refractivity contribution in [3.05, 3.63) is 23.8 Å². The quantitative estimate of drug-likeness (QED) is 0.805. The van der Waals surface area contributed by atoms with Crippen LogP contribution in [0.5, 0.6) is 5.75 Å². The Morgan fingerprint density at radius 1 is 1.35 bits per heavy atom. The Labute approximate surface area is 121 Å².